The number of piperidine rings is 1. The first-order valence-corrected chi connectivity index (χ1v) is 13.3. The van der Waals surface area contributed by atoms with Gasteiger partial charge in [0.2, 0.25) is 19.9 Å². The van der Waals surface area contributed by atoms with Gasteiger partial charge in [-0.3, -0.25) is 0 Å². The summed E-state index contributed by atoms with van der Waals surface area (Å²) >= 11 is 0. The van der Waals surface area contributed by atoms with E-state index in [0.29, 0.717) is 44.5 Å². The number of likely N-dealkylation sites (tertiary alicyclic amines) is 1. The minimum absolute atomic E-state index is 0.00480. The van der Waals surface area contributed by atoms with Crippen molar-refractivity contribution < 1.29 is 39.9 Å². The zero-order valence-electron chi connectivity index (χ0n) is 17.8. The first kappa shape index (κ1) is 26.0. The Bertz CT molecular complexity index is 1240. The van der Waals surface area contributed by atoms with Crippen molar-refractivity contribution in [3.8, 4) is 0 Å². The highest BCUT2D eigenvalue weighted by Gasteiger charge is 2.38. The number of nitrogens with zero attached hydrogens (tertiary/aromatic N) is 1. The monoisotopic (exact) mass is 520 g/mol. The van der Waals surface area contributed by atoms with E-state index in [2.05, 4.69) is 4.72 Å². The SMILES string of the molecule is O=C(O)N1CCC(CCNS(=O)(=O)c2cc(S(=O)(=O)c3ccccc3)ccc2C(F)(F)F)CC1. The van der Waals surface area contributed by atoms with Gasteiger partial charge < -0.3 is 10.0 Å². The van der Waals surface area contributed by atoms with Gasteiger partial charge in [-0.1, -0.05) is 18.2 Å². The van der Waals surface area contributed by atoms with Crippen molar-refractivity contribution >= 4 is 26.0 Å². The highest BCUT2D eigenvalue weighted by molar-refractivity contribution is 7.91. The molecule has 1 amide bonds. The quantitative estimate of drug-likeness (QED) is 0.576. The van der Waals surface area contributed by atoms with Crippen LogP contribution >= 0.6 is 0 Å². The normalized spacial score (nSPS) is 15.9. The molecule has 186 valence electrons. The van der Waals surface area contributed by atoms with Crippen LogP contribution in [0.3, 0.4) is 0 Å². The maximum Gasteiger partial charge on any atom is 0.417 e. The van der Waals surface area contributed by atoms with Crippen LogP contribution in [0.1, 0.15) is 24.8 Å². The predicted molar refractivity (Wildman–Crippen MR) is 115 cm³/mol. The Morgan fingerprint density at radius 3 is 2.18 bits per heavy atom. The Labute approximate surface area is 195 Å². The molecule has 1 saturated heterocycles. The molecule has 1 aliphatic rings. The minimum atomic E-state index is -5.03. The lowest BCUT2D eigenvalue weighted by Gasteiger charge is -2.29. The topological polar surface area (TPSA) is 121 Å². The molecule has 2 aromatic rings. The van der Waals surface area contributed by atoms with Gasteiger partial charge in [0, 0.05) is 19.6 Å². The fourth-order valence-electron chi connectivity index (χ4n) is 3.75. The maximum atomic E-state index is 13.6. The van der Waals surface area contributed by atoms with Gasteiger partial charge in [0.05, 0.1) is 20.2 Å². The molecule has 2 aromatic carbocycles. The molecular weight excluding hydrogens is 497 g/mol. The number of hydrogen-bond donors (Lipinski definition) is 2. The molecule has 0 atom stereocenters. The Balaban J connectivity index is 1.83. The highest BCUT2D eigenvalue weighted by Crippen LogP contribution is 2.36. The van der Waals surface area contributed by atoms with Crippen LogP contribution < -0.4 is 4.72 Å². The molecule has 8 nitrogen and oxygen atoms in total. The molecule has 2 N–H and O–H groups in total. The molecule has 0 aliphatic carbocycles. The molecule has 0 radical (unpaired) electrons. The lowest BCUT2D eigenvalue weighted by Crippen LogP contribution is -2.38. The van der Waals surface area contributed by atoms with E-state index in [9.17, 15) is 34.8 Å². The second-order valence-corrected chi connectivity index (χ2v) is 11.6. The van der Waals surface area contributed by atoms with Crippen LogP contribution in [-0.2, 0) is 26.0 Å². The van der Waals surface area contributed by atoms with E-state index in [1.165, 1.54) is 29.2 Å². The number of sulfone groups is 1. The van der Waals surface area contributed by atoms with Gasteiger partial charge in [0.25, 0.3) is 0 Å². The lowest BCUT2D eigenvalue weighted by atomic mass is 9.94. The zero-order chi connectivity index (χ0) is 25.1. The first-order chi connectivity index (χ1) is 15.8. The number of benzene rings is 2. The third-order valence-electron chi connectivity index (χ3n) is 5.64. The van der Waals surface area contributed by atoms with E-state index >= 15 is 0 Å². The summed E-state index contributed by atoms with van der Waals surface area (Å²) in [7, 11) is -8.95. The minimum Gasteiger partial charge on any atom is -0.465 e. The van der Waals surface area contributed by atoms with Crippen molar-refractivity contribution in [3.05, 3.63) is 54.1 Å². The Hall–Kier alpha value is -2.64. The van der Waals surface area contributed by atoms with Gasteiger partial charge in [-0.2, -0.15) is 13.2 Å². The summed E-state index contributed by atoms with van der Waals surface area (Å²) in [5.74, 6) is 0.00480. The molecule has 0 unspecified atom stereocenters. The van der Waals surface area contributed by atoms with Crippen LogP contribution in [-0.4, -0.2) is 52.6 Å². The fraction of sp³-hybridized carbons (Fsp3) is 0.381. The Kier molecular flexibility index (Phi) is 7.58. The molecular formula is C21H23F3N2O6S2. The predicted octanol–water partition coefficient (Wildman–Crippen LogP) is 3.60. The van der Waals surface area contributed by atoms with Crippen molar-refractivity contribution in [2.45, 2.75) is 40.1 Å². The van der Waals surface area contributed by atoms with Crippen molar-refractivity contribution in [1.29, 1.82) is 0 Å². The van der Waals surface area contributed by atoms with Gasteiger partial charge >= 0.3 is 12.3 Å². The molecule has 0 aromatic heterocycles. The number of amides is 1. The number of halogens is 3. The highest BCUT2D eigenvalue weighted by atomic mass is 32.2. The van der Waals surface area contributed by atoms with Gasteiger partial charge in [-0.05, 0) is 55.5 Å². The number of rotatable bonds is 7. The number of carboxylic acid groups (broad SMARTS) is 1. The summed E-state index contributed by atoms with van der Waals surface area (Å²) in [6.45, 7) is 0.418. The summed E-state index contributed by atoms with van der Waals surface area (Å²) in [6, 6.07) is 8.68. The molecule has 3 rings (SSSR count). The van der Waals surface area contributed by atoms with E-state index in [4.69, 9.17) is 5.11 Å². The van der Waals surface area contributed by atoms with E-state index in [0.717, 1.165) is 6.07 Å². The van der Waals surface area contributed by atoms with Crippen molar-refractivity contribution in [2.75, 3.05) is 19.6 Å². The molecule has 13 heteroatoms. The average Bonchev–Trinajstić information content (AvgIpc) is 2.79. The van der Waals surface area contributed by atoms with E-state index < -0.39 is 47.5 Å². The lowest BCUT2D eigenvalue weighted by molar-refractivity contribution is -0.139. The summed E-state index contributed by atoms with van der Waals surface area (Å²) in [5.41, 5.74) is -1.47. The van der Waals surface area contributed by atoms with Gasteiger partial charge in [-0.15, -0.1) is 0 Å². The van der Waals surface area contributed by atoms with Gasteiger partial charge in [0.1, 0.15) is 0 Å². The number of sulfonamides is 1. The largest absolute Gasteiger partial charge is 0.465 e. The average molecular weight is 521 g/mol. The molecule has 1 fully saturated rings. The summed E-state index contributed by atoms with van der Waals surface area (Å²) in [5, 5.41) is 8.98. The molecule has 0 saturated carbocycles. The summed E-state index contributed by atoms with van der Waals surface area (Å²) in [4.78, 5) is 10.3. The molecule has 0 bridgehead atoms. The summed E-state index contributed by atoms with van der Waals surface area (Å²) in [6.07, 6.45) is -4.75. The molecule has 34 heavy (non-hydrogen) atoms. The van der Waals surface area contributed by atoms with Crippen LogP contribution in [0.25, 0.3) is 0 Å². The van der Waals surface area contributed by atoms with Gasteiger partial charge in [-0.25, -0.2) is 26.4 Å². The van der Waals surface area contributed by atoms with Gasteiger partial charge in [0.15, 0.2) is 0 Å². The molecule has 1 heterocycles. The van der Waals surface area contributed by atoms with Crippen LogP contribution in [0, 0.1) is 5.92 Å². The van der Waals surface area contributed by atoms with Crippen LogP contribution in [0.4, 0.5) is 18.0 Å². The Morgan fingerprint density at radius 2 is 1.62 bits per heavy atom. The smallest absolute Gasteiger partial charge is 0.417 e. The maximum absolute atomic E-state index is 13.6. The third kappa shape index (κ3) is 5.88. The van der Waals surface area contributed by atoms with Crippen LogP contribution in [0.15, 0.2) is 63.2 Å². The number of nitrogens with one attached hydrogen (secondary N) is 1. The second kappa shape index (κ2) is 9.92. The standard InChI is InChI=1S/C21H23F3N2O6S2/c22-21(23,24)18-7-6-17(33(29,30)16-4-2-1-3-5-16)14-19(18)34(31,32)25-11-8-15-9-12-26(13-10-15)20(27)28/h1-7,14-15,25H,8-13H2,(H,27,28). The summed E-state index contributed by atoms with van der Waals surface area (Å²) < 4.78 is 94.1. The third-order valence-corrected chi connectivity index (χ3v) is 8.91. The second-order valence-electron chi connectivity index (χ2n) is 7.87. The van der Waals surface area contributed by atoms with Crippen molar-refractivity contribution in [2.24, 2.45) is 5.92 Å². The molecule has 0 spiro atoms. The number of hydrogen-bond acceptors (Lipinski definition) is 5. The van der Waals surface area contributed by atoms with Crippen LogP contribution in [0.5, 0.6) is 0 Å². The van der Waals surface area contributed by atoms with E-state index in [1.807, 2.05) is 0 Å². The van der Waals surface area contributed by atoms with Crippen molar-refractivity contribution in [3.63, 3.8) is 0 Å². The zero-order valence-corrected chi connectivity index (χ0v) is 19.5. The number of alkyl halides is 3. The number of carbonyl (C=O) groups is 1. The van der Waals surface area contributed by atoms with Crippen molar-refractivity contribution in [1.82, 2.24) is 9.62 Å². The van der Waals surface area contributed by atoms with Crippen LogP contribution in [0.2, 0.25) is 0 Å². The Morgan fingerprint density at radius 1 is 1.00 bits per heavy atom. The first-order valence-electron chi connectivity index (χ1n) is 10.3. The van der Waals surface area contributed by atoms with E-state index in [-0.39, 0.29) is 17.4 Å². The fourth-order valence-corrected chi connectivity index (χ4v) is 6.43. The molecule has 1 aliphatic heterocycles. The van der Waals surface area contributed by atoms with E-state index in [1.54, 1.807) is 6.07 Å².